The second kappa shape index (κ2) is 9.73. The molecule has 0 radical (unpaired) electrons. The maximum Gasteiger partial charge on any atom is 0.267 e. The van der Waals surface area contributed by atoms with Crippen molar-refractivity contribution >= 4 is 17.3 Å². The fourth-order valence-corrected chi connectivity index (χ4v) is 2.33. The molecule has 0 fully saturated rings. The number of nitrogens with zero attached hydrogens (tertiary/aromatic N) is 1. The molecule has 0 saturated heterocycles. The summed E-state index contributed by atoms with van der Waals surface area (Å²) in [5, 5.41) is 14.9. The lowest BCUT2D eigenvalue weighted by atomic mass is 10.2. The molecule has 0 atom stereocenters. The Morgan fingerprint density at radius 2 is 1.61 bits per heavy atom. The summed E-state index contributed by atoms with van der Waals surface area (Å²) < 4.78 is 20.8. The number of hydrogen-bond acceptors (Lipinski definition) is 7. The summed E-state index contributed by atoms with van der Waals surface area (Å²) in [5.74, 6) is 1.48. The number of anilines is 2. The number of methoxy groups -OCH3 is 4. The molecule has 2 N–H and O–H groups in total. The van der Waals surface area contributed by atoms with Gasteiger partial charge < -0.3 is 29.6 Å². The highest BCUT2D eigenvalue weighted by Gasteiger charge is 2.13. The second-order valence-electron chi connectivity index (χ2n) is 5.40. The Labute approximate surface area is 163 Å². The van der Waals surface area contributed by atoms with Crippen molar-refractivity contribution in [2.24, 2.45) is 0 Å². The molecule has 0 aliphatic rings. The largest absolute Gasteiger partial charge is 0.497 e. The van der Waals surface area contributed by atoms with E-state index in [-0.39, 0.29) is 5.57 Å². The fraction of sp³-hybridized carbons (Fsp3) is 0.200. The van der Waals surface area contributed by atoms with Crippen LogP contribution in [-0.4, -0.2) is 34.3 Å². The van der Waals surface area contributed by atoms with Crippen LogP contribution >= 0.6 is 0 Å². The highest BCUT2D eigenvalue weighted by Crippen LogP contribution is 2.30. The van der Waals surface area contributed by atoms with E-state index in [0.717, 1.165) is 0 Å². The van der Waals surface area contributed by atoms with Crippen molar-refractivity contribution in [2.45, 2.75) is 0 Å². The monoisotopic (exact) mass is 383 g/mol. The Hall–Kier alpha value is -3.86. The number of benzene rings is 2. The van der Waals surface area contributed by atoms with E-state index in [2.05, 4.69) is 10.6 Å². The van der Waals surface area contributed by atoms with Crippen LogP contribution in [-0.2, 0) is 4.79 Å². The van der Waals surface area contributed by atoms with Gasteiger partial charge in [-0.3, -0.25) is 4.79 Å². The number of rotatable bonds is 8. The van der Waals surface area contributed by atoms with Gasteiger partial charge in [0.05, 0.1) is 34.1 Å². The Balaban J connectivity index is 2.19. The molecule has 8 nitrogen and oxygen atoms in total. The van der Waals surface area contributed by atoms with Gasteiger partial charge in [0.25, 0.3) is 5.91 Å². The first kappa shape index (κ1) is 20.5. The summed E-state index contributed by atoms with van der Waals surface area (Å²) in [7, 11) is 6.06. The Kier molecular flexibility index (Phi) is 7.11. The van der Waals surface area contributed by atoms with Crippen LogP contribution < -0.4 is 29.6 Å². The zero-order chi connectivity index (χ0) is 20.5. The minimum atomic E-state index is -0.595. The minimum absolute atomic E-state index is 0.125. The van der Waals surface area contributed by atoms with E-state index >= 15 is 0 Å². The molecule has 28 heavy (non-hydrogen) atoms. The molecule has 0 aliphatic carbocycles. The van der Waals surface area contributed by atoms with Gasteiger partial charge in [-0.15, -0.1) is 0 Å². The van der Waals surface area contributed by atoms with Gasteiger partial charge in [-0.25, -0.2) is 0 Å². The van der Waals surface area contributed by atoms with E-state index in [1.165, 1.54) is 34.6 Å². The van der Waals surface area contributed by atoms with Crippen molar-refractivity contribution in [3.63, 3.8) is 0 Å². The van der Waals surface area contributed by atoms with E-state index in [4.69, 9.17) is 18.9 Å². The first-order valence-electron chi connectivity index (χ1n) is 8.18. The van der Waals surface area contributed by atoms with Crippen LogP contribution in [0.2, 0.25) is 0 Å². The molecule has 146 valence electrons. The van der Waals surface area contributed by atoms with E-state index in [1.807, 2.05) is 6.07 Å². The molecule has 2 rings (SSSR count). The van der Waals surface area contributed by atoms with E-state index in [9.17, 15) is 10.1 Å². The highest BCUT2D eigenvalue weighted by atomic mass is 16.5. The van der Waals surface area contributed by atoms with E-state index in [0.29, 0.717) is 34.4 Å². The Morgan fingerprint density at radius 3 is 2.21 bits per heavy atom. The second-order valence-corrected chi connectivity index (χ2v) is 5.40. The first-order chi connectivity index (χ1) is 13.6. The Morgan fingerprint density at radius 1 is 0.929 bits per heavy atom. The van der Waals surface area contributed by atoms with Gasteiger partial charge >= 0.3 is 0 Å². The summed E-state index contributed by atoms with van der Waals surface area (Å²) in [6, 6.07) is 12.0. The average molecular weight is 383 g/mol. The first-order valence-corrected chi connectivity index (χ1v) is 8.18. The van der Waals surface area contributed by atoms with Gasteiger partial charge in [-0.05, 0) is 24.3 Å². The SMILES string of the molecule is COc1ccc(OC)c(NC(=O)/C(C#N)=C\Nc2ccc(OC)c(OC)c2)c1. The summed E-state index contributed by atoms with van der Waals surface area (Å²) >= 11 is 0. The highest BCUT2D eigenvalue weighted by molar-refractivity contribution is 6.07. The maximum absolute atomic E-state index is 12.5. The average Bonchev–Trinajstić information content (AvgIpc) is 2.73. The summed E-state index contributed by atoms with van der Waals surface area (Å²) in [6.07, 6.45) is 1.31. The molecular weight excluding hydrogens is 362 g/mol. The standard InChI is InChI=1S/C20H21N3O5/c1-25-15-6-8-17(26-2)16(10-15)23-20(24)13(11-21)12-22-14-5-7-18(27-3)19(9-14)28-4/h5-10,12,22H,1-4H3,(H,23,24)/b13-12-. The molecule has 0 aliphatic heterocycles. The predicted octanol–water partition coefficient (Wildman–Crippen LogP) is 3.18. The molecule has 0 unspecified atom stereocenters. The summed E-state index contributed by atoms with van der Waals surface area (Å²) in [5.41, 5.74) is 0.885. The third kappa shape index (κ3) is 4.86. The number of ether oxygens (including phenoxy) is 4. The molecule has 0 heterocycles. The third-order valence-corrected chi connectivity index (χ3v) is 3.79. The number of carbonyl (C=O) groups is 1. The topological polar surface area (TPSA) is 102 Å². The molecule has 0 bridgehead atoms. The quantitative estimate of drug-likeness (QED) is 0.533. The predicted molar refractivity (Wildman–Crippen MR) is 105 cm³/mol. The molecule has 8 heteroatoms. The normalized spacial score (nSPS) is 10.5. The van der Waals surface area contributed by atoms with Gasteiger partial charge in [0.1, 0.15) is 23.1 Å². The number of nitriles is 1. The Bertz CT molecular complexity index is 919. The molecule has 1 amide bonds. The van der Waals surface area contributed by atoms with Crippen molar-refractivity contribution in [1.29, 1.82) is 5.26 Å². The van der Waals surface area contributed by atoms with Crippen LogP contribution in [0.1, 0.15) is 0 Å². The van der Waals surface area contributed by atoms with E-state index < -0.39 is 5.91 Å². The van der Waals surface area contributed by atoms with Crippen molar-refractivity contribution in [3.05, 3.63) is 48.2 Å². The number of carbonyl (C=O) groups excluding carboxylic acids is 1. The smallest absolute Gasteiger partial charge is 0.267 e. The van der Waals surface area contributed by atoms with E-state index in [1.54, 1.807) is 36.4 Å². The fourth-order valence-electron chi connectivity index (χ4n) is 2.33. The zero-order valence-corrected chi connectivity index (χ0v) is 16.0. The lowest BCUT2D eigenvalue weighted by Crippen LogP contribution is -2.15. The summed E-state index contributed by atoms with van der Waals surface area (Å²) in [6.45, 7) is 0. The van der Waals surface area contributed by atoms with Crippen molar-refractivity contribution < 1.29 is 23.7 Å². The van der Waals surface area contributed by atoms with Crippen LogP contribution in [0, 0.1) is 11.3 Å². The minimum Gasteiger partial charge on any atom is -0.497 e. The number of hydrogen-bond donors (Lipinski definition) is 2. The van der Waals surface area contributed by atoms with Crippen LogP contribution in [0.5, 0.6) is 23.0 Å². The number of nitrogens with one attached hydrogen (secondary N) is 2. The lowest BCUT2D eigenvalue weighted by molar-refractivity contribution is -0.112. The molecule has 0 saturated carbocycles. The van der Waals surface area contributed by atoms with Gasteiger partial charge in [0.2, 0.25) is 0 Å². The van der Waals surface area contributed by atoms with Gasteiger partial charge in [-0.2, -0.15) is 5.26 Å². The summed E-state index contributed by atoms with van der Waals surface area (Å²) in [4.78, 5) is 12.5. The van der Waals surface area contributed by atoms with Crippen molar-refractivity contribution in [2.75, 3.05) is 39.1 Å². The molecular formula is C20H21N3O5. The molecule has 0 aromatic heterocycles. The van der Waals surface area contributed by atoms with Crippen LogP contribution in [0.3, 0.4) is 0 Å². The molecule has 2 aromatic carbocycles. The third-order valence-electron chi connectivity index (χ3n) is 3.79. The van der Waals surface area contributed by atoms with Crippen molar-refractivity contribution in [3.8, 4) is 29.1 Å². The zero-order valence-electron chi connectivity index (χ0n) is 16.0. The maximum atomic E-state index is 12.5. The molecule has 0 spiro atoms. The van der Waals surface area contributed by atoms with Crippen LogP contribution in [0.25, 0.3) is 0 Å². The molecule has 2 aromatic rings. The lowest BCUT2D eigenvalue weighted by Gasteiger charge is -2.12. The van der Waals surface area contributed by atoms with Gasteiger partial charge in [0, 0.05) is 24.0 Å². The van der Waals surface area contributed by atoms with Gasteiger partial charge in [-0.1, -0.05) is 0 Å². The van der Waals surface area contributed by atoms with Crippen LogP contribution in [0.4, 0.5) is 11.4 Å². The van der Waals surface area contributed by atoms with Crippen molar-refractivity contribution in [1.82, 2.24) is 0 Å². The van der Waals surface area contributed by atoms with Crippen LogP contribution in [0.15, 0.2) is 48.2 Å². The number of amides is 1. The van der Waals surface area contributed by atoms with Gasteiger partial charge in [0.15, 0.2) is 11.5 Å².